The highest BCUT2D eigenvalue weighted by atomic mass is 32.2. The predicted molar refractivity (Wildman–Crippen MR) is 125 cm³/mol. The first-order valence-corrected chi connectivity index (χ1v) is 11.0. The van der Waals surface area contributed by atoms with Crippen molar-refractivity contribution in [2.75, 3.05) is 26.0 Å². The maximum absolute atomic E-state index is 13.0. The summed E-state index contributed by atoms with van der Waals surface area (Å²) in [5.41, 5.74) is 2.55. The summed E-state index contributed by atoms with van der Waals surface area (Å²) in [5, 5.41) is 2.78. The van der Waals surface area contributed by atoms with Gasteiger partial charge in [0, 0.05) is 41.4 Å². The summed E-state index contributed by atoms with van der Waals surface area (Å²) in [5.74, 6) is 0.962. The lowest BCUT2D eigenvalue weighted by Gasteiger charge is -2.27. The van der Waals surface area contributed by atoms with E-state index < -0.39 is 0 Å². The van der Waals surface area contributed by atoms with Crippen LogP contribution in [0.5, 0.6) is 11.5 Å². The van der Waals surface area contributed by atoms with Crippen molar-refractivity contribution in [1.82, 2.24) is 9.88 Å². The zero-order valence-corrected chi connectivity index (χ0v) is 19.3. The SMILES string of the molecule is COOSc1ccc(Oc2cc(C(=O)Nc3ccc(C)cn3)cc3c2CCN(C)C3=O)cc1. The number of aryl methyl sites for hydroxylation is 1. The lowest BCUT2D eigenvalue weighted by atomic mass is 9.95. The average Bonchev–Trinajstić information content (AvgIpc) is 2.82. The van der Waals surface area contributed by atoms with Gasteiger partial charge >= 0.3 is 0 Å². The first kappa shape index (κ1) is 22.8. The minimum atomic E-state index is -0.372. The number of rotatable bonds is 7. The molecule has 170 valence electrons. The number of ether oxygens (including phenoxy) is 1. The van der Waals surface area contributed by atoms with Gasteiger partial charge in [0.25, 0.3) is 11.8 Å². The van der Waals surface area contributed by atoms with Gasteiger partial charge in [-0.1, -0.05) is 6.07 Å². The third kappa shape index (κ3) is 5.33. The molecule has 2 amide bonds. The maximum Gasteiger partial charge on any atom is 0.256 e. The summed E-state index contributed by atoms with van der Waals surface area (Å²) in [6.07, 6.45) is 2.30. The van der Waals surface area contributed by atoms with Crippen molar-refractivity contribution in [3.8, 4) is 11.5 Å². The Bertz CT molecular complexity index is 1170. The number of anilines is 1. The standard InChI is InChI=1S/C24H23N3O5S/c1-15-4-9-22(25-14-15)26-23(28)16-12-20-19(10-11-27(2)24(20)29)21(13-16)31-17-5-7-18(8-6-17)33-32-30-3/h4-9,12-14H,10-11H2,1-3H3,(H,25,26,28). The van der Waals surface area contributed by atoms with Crippen LogP contribution < -0.4 is 10.1 Å². The first-order chi connectivity index (χ1) is 15.9. The van der Waals surface area contributed by atoms with Gasteiger partial charge in [-0.15, -0.1) is 0 Å². The van der Waals surface area contributed by atoms with E-state index in [4.69, 9.17) is 9.07 Å². The van der Waals surface area contributed by atoms with Gasteiger partial charge in [0.2, 0.25) is 0 Å². The minimum absolute atomic E-state index is 0.146. The highest BCUT2D eigenvalue weighted by Crippen LogP contribution is 2.34. The van der Waals surface area contributed by atoms with Crippen LogP contribution in [0, 0.1) is 6.92 Å². The van der Waals surface area contributed by atoms with Gasteiger partial charge in [-0.25, -0.2) is 9.87 Å². The molecular formula is C24H23N3O5S. The molecular weight excluding hydrogens is 442 g/mol. The summed E-state index contributed by atoms with van der Waals surface area (Å²) >= 11 is 1.08. The van der Waals surface area contributed by atoms with E-state index in [2.05, 4.69) is 15.2 Å². The number of nitrogens with zero attached hydrogens (tertiary/aromatic N) is 2. The van der Waals surface area contributed by atoms with E-state index in [1.165, 1.54) is 7.11 Å². The number of aromatic nitrogens is 1. The average molecular weight is 466 g/mol. The smallest absolute Gasteiger partial charge is 0.256 e. The van der Waals surface area contributed by atoms with Crippen LogP contribution in [-0.2, 0) is 15.6 Å². The summed E-state index contributed by atoms with van der Waals surface area (Å²) in [7, 11) is 3.18. The highest BCUT2D eigenvalue weighted by Gasteiger charge is 2.27. The van der Waals surface area contributed by atoms with Crippen molar-refractivity contribution in [2.45, 2.75) is 18.2 Å². The molecule has 1 aromatic heterocycles. The molecule has 2 aromatic carbocycles. The number of nitrogens with one attached hydrogen (secondary N) is 1. The van der Waals surface area contributed by atoms with Crippen molar-refractivity contribution < 1.29 is 23.5 Å². The van der Waals surface area contributed by atoms with E-state index in [0.29, 0.717) is 41.4 Å². The first-order valence-electron chi connectivity index (χ1n) is 10.3. The van der Waals surface area contributed by atoms with Gasteiger partial charge in [-0.05, 0) is 61.4 Å². The minimum Gasteiger partial charge on any atom is -0.457 e. The summed E-state index contributed by atoms with van der Waals surface area (Å²) in [4.78, 5) is 37.1. The van der Waals surface area contributed by atoms with E-state index in [1.807, 2.05) is 25.1 Å². The molecule has 0 spiro atoms. The zero-order valence-electron chi connectivity index (χ0n) is 18.5. The lowest BCUT2D eigenvalue weighted by Crippen LogP contribution is -2.34. The van der Waals surface area contributed by atoms with Gasteiger partial charge in [0.05, 0.1) is 19.2 Å². The van der Waals surface area contributed by atoms with Crippen molar-refractivity contribution in [3.63, 3.8) is 0 Å². The van der Waals surface area contributed by atoms with Crippen LogP contribution in [-0.4, -0.2) is 42.4 Å². The second kappa shape index (κ2) is 10.0. The van der Waals surface area contributed by atoms with E-state index in [-0.39, 0.29) is 11.8 Å². The quantitative estimate of drug-likeness (QED) is 0.309. The fraction of sp³-hybridized carbons (Fsp3) is 0.208. The molecule has 4 rings (SSSR count). The number of pyridine rings is 1. The van der Waals surface area contributed by atoms with Crippen LogP contribution in [0.15, 0.2) is 59.6 Å². The molecule has 0 bridgehead atoms. The molecule has 3 aromatic rings. The fourth-order valence-corrected chi connectivity index (χ4v) is 3.79. The van der Waals surface area contributed by atoms with Crippen molar-refractivity contribution in [1.29, 1.82) is 0 Å². The molecule has 8 nitrogen and oxygen atoms in total. The Balaban J connectivity index is 1.64. The molecule has 9 heteroatoms. The molecule has 0 atom stereocenters. The normalized spacial score (nSPS) is 12.9. The molecule has 1 N–H and O–H groups in total. The molecule has 0 saturated carbocycles. The molecule has 1 aliphatic heterocycles. The number of likely N-dealkylation sites (N-methyl/N-ethyl adjacent to an activating group) is 1. The maximum atomic E-state index is 13.0. The Morgan fingerprint density at radius 1 is 1.15 bits per heavy atom. The molecule has 1 aliphatic rings. The second-order valence-corrected chi connectivity index (χ2v) is 8.32. The Labute approximate surface area is 196 Å². The number of fused-ring (bicyclic) bond motifs is 1. The number of amides is 2. The van der Waals surface area contributed by atoms with Crippen LogP contribution in [0.25, 0.3) is 0 Å². The van der Waals surface area contributed by atoms with Crippen molar-refractivity contribution >= 4 is 29.7 Å². The molecule has 0 radical (unpaired) electrons. The van der Waals surface area contributed by atoms with E-state index in [0.717, 1.165) is 28.1 Å². The fourth-order valence-electron chi connectivity index (χ4n) is 3.40. The number of benzene rings is 2. The van der Waals surface area contributed by atoms with E-state index in [9.17, 15) is 9.59 Å². The van der Waals surface area contributed by atoms with E-state index >= 15 is 0 Å². The van der Waals surface area contributed by atoms with E-state index in [1.54, 1.807) is 48.5 Å². The summed E-state index contributed by atoms with van der Waals surface area (Å²) < 4.78 is 11.0. The van der Waals surface area contributed by atoms with Crippen molar-refractivity contribution in [3.05, 3.63) is 77.0 Å². The number of carbonyl (C=O) groups is 2. The Hall–Kier alpha value is -3.40. The largest absolute Gasteiger partial charge is 0.457 e. The van der Waals surface area contributed by atoms with Gasteiger partial charge in [0.1, 0.15) is 17.3 Å². The van der Waals surface area contributed by atoms with Gasteiger partial charge in [-0.2, -0.15) is 4.33 Å². The molecule has 33 heavy (non-hydrogen) atoms. The van der Waals surface area contributed by atoms with Gasteiger partial charge < -0.3 is 15.0 Å². The summed E-state index contributed by atoms with van der Waals surface area (Å²) in [6, 6.07) is 14.1. The second-order valence-electron chi connectivity index (χ2n) is 7.54. The molecule has 0 unspecified atom stereocenters. The van der Waals surface area contributed by atoms with Crippen molar-refractivity contribution in [2.24, 2.45) is 0 Å². The topological polar surface area (TPSA) is 90.0 Å². The monoisotopic (exact) mass is 465 g/mol. The van der Waals surface area contributed by atoms with Crippen LogP contribution in [0.1, 0.15) is 31.8 Å². The van der Waals surface area contributed by atoms with Gasteiger partial charge in [-0.3, -0.25) is 9.59 Å². The number of carbonyl (C=O) groups excluding carboxylic acids is 2. The summed E-state index contributed by atoms with van der Waals surface area (Å²) in [6.45, 7) is 2.49. The molecule has 2 heterocycles. The van der Waals surface area contributed by atoms with Crippen LogP contribution >= 0.6 is 12.0 Å². The third-order valence-corrected chi connectivity index (χ3v) is 5.82. The van der Waals surface area contributed by atoms with Gasteiger partial charge in [0.15, 0.2) is 0 Å². The van der Waals surface area contributed by atoms with Crippen LogP contribution in [0.2, 0.25) is 0 Å². The third-order valence-electron chi connectivity index (χ3n) is 5.15. The number of hydrogen-bond acceptors (Lipinski definition) is 7. The van der Waals surface area contributed by atoms with Crippen LogP contribution in [0.3, 0.4) is 0 Å². The Morgan fingerprint density at radius 2 is 1.94 bits per heavy atom. The molecule has 0 aliphatic carbocycles. The lowest BCUT2D eigenvalue weighted by molar-refractivity contribution is -0.160. The molecule has 0 saturated heterocycles. The Kier molecular flexibility index (Phi) is 6.93. The Morgan fingerprint density at radius 3 is 2.64 bits per heavy atom. The van der Waals surface area contributed by atoms with Crippen LogP contribution in [0.4, 0.5) is 5.82 Å². The number of hydrogen-bond donors (Lipinski definition) is 1. The molecule has 0 fully saturated rings. The highest BCUT2D eigenvalue weighted by molar-refractivity contribution is 7.94. The zero-order chi connectivity index (χ0) is 23.4. The predicted octanol–water partition coefficient (Wildman–Crippen LogP) is 4.65.